The molecule has 0 radical (unpaired) electrons. The van der Waals surface area contributed by atoms with Gasteiger partial charge in [0.1, 0.15) is 5.82 Å². The van der Waals surface area contributed by atoms with Crippen LogP contribution in [0.1, 0.15) is 16.1 Å². The minimum absolute atomic E-state index is 0.0573. The lowest BCUT2D eigenvalue weighted by Gasteiger charge is -2.13. The largest absolute Gasteiger partial charge is 0.464 e. The number of halogens is 3. The van der Waals surface area contributed by atoms with Crippen molar-refractivity contribution in [1.29, 1.82) is 5.26 Å². The monoisotopic (exact) mass is 323 g/mol. The number of nitrogens with two attached hydrogens (primary N) is 1. The summed E-state index contributed by atoms with van der Waals surface area (Å²) in [5.41, 5.74) is 4.23. The van der Waals surface area contributed by atoms with Crippen LogP contribution in [0, 0.1) is 23.0 Å². The van der Waals surface area contributed by atoms with Gasteiger partial charge in [0.25, 0.3) is 0 Å². The molecule has 0 spiro atoms. The molecule has 0 saturated carbocycles. The highest BCUT2D eigenvalue weighted by Crippen LogP contribution is 2.35. The number of hydrogen-bond acceptors (Lipinski definition) is 5. The molecule has 2 aromatic rings. The molecule has 2 N–H and O–H groups in total. The Morgan fingerprint density at radius 1 is 1.45 bits per heavy atom. The number of hydrogen-bond donors (Lipinski definition) is 1. The average Bonchev–Trinajstić information content (AvgIpc) is 2.52. The van der Waals surface area contributed by atoms with Gasteiger partial charge in [0.05, 0.1) is 24.4 Å². The lowest BCUT2D eigenvalue weighted by Crippen LogP contribution is -2.11. The summed E-state index contributed by atoms with van der Waals surface area (Å²) in [6, 6.07) is 5.18. The third-order valence-electron chi connectivity index (χ3n) is 2.88. The van der Waals surface area contributed by atoms with Gasteiger partial charge in [-0.05, 0) is 18.2 Å². The van der Waals surface area contributed by atoms with Crippen LogP contribution >= 0.6 is 11.6 Å². The number of esters is 1. The standard InChI is InChI=1S/C14H8ClF2N3O2/c1-22-14(21)12-9(11(19)10(17)13(15)20-12)7-3-2-6(5-18)4-8(7)16/h2-4H,1H3,(H2,19,20). The van der Waals surface area contributed by atoms with Crippen LogP contribution in [-0.4, -0.2) is 18.1 Å². The van der Waals surface area contributed by atoms with Crippen LogP contribution in [-0.2, 0) is 4.74 Å². The van der Waals surface area contributed by atoms with Gasteiger partial charge in [0.2, 0.25) is 0 Å². The first kappa shape index (κ1) is 15.7. The Labute approximate surface area is 128 Å². The van der Waals surface area contributed by atoms with Crippen LogP contribution < -0.4 is 5.73 Å². The smallest absolute Gasteiger partial charge is 0.357 e. The number of methoxy groups -OCH3 is 1. The Morgan fingerprint density at radius 3 is 2.68 bits per heavy atom. The van der Waals surface area contributed by atoms with E-state index in [1.165, 1.54) is 12.1 Å². The van der Waals surface area contributed by atoms with Crippen LogP contribution in [0.15, 0.2) is 18.2 Å². The number of aromatic nitrogens is 1. The second kappa shape index (κ2) is 5.95. The minimum atomic E-state index is -1.08. The van der Waals surface area contributed by atoms with E-state index in [4.69, 9.17) is 22.6 Å². The average molecular weight is 324 g/mol. The zero-order valence-electron chi connectivity index (χ0n) is 11.2. The molecule has 0 aliphatic rings. The molecule has 1 aromatic carbocycles. The first-order valence-corrected chi connectivity index (χ1v) is 6.21. The number of nitrogen functional groups attached to an aromatic ring is 1. The van der Waals surface area contributed by atoms with Crippen LogP contribution in [0.4, 0.5) is 14.5 Å². The highest BCUT2D eigenvalue weighted by atomic mass is 35.5. The summed E-state index contributed by atoms with van der Waals surface area (Å²) in [5.74, 6) is -2.89. The molecule has 0 aliphatic heterocycles. The molecule has 5 nitrogen and oxygen atoms in total. The van der Waals surface area contributed by atoms with E-state index in [9.17, 15) is 13.6 Å². The summed E-state index contributed by atoms with van der Waals surface area (Å²) < 4.78 is 32.5. The summed E-state index contributed by atoms with van der Waals surface area (Å²) in [5, 5.41) is 8.11. The Bertz CT molecular complexity index is 819. The number of ether oxygens (including phenoxy) is 1. The molecule has 1 aromatic heterocycles. The van der Waals surface area contributed by atoms with Crippen molar-refractivity contribution in [3.63, 3.8) is 0 Å². The number of benzene rings is 1. The molecular formula is C14H8ClF2N3O2. The van der Waals surface area contributed by atoms with Crippen molar-refractivity contribution in [2.75, 3.05) is 12.8 Å². The SMILES string of the molecule is COC(=O)c1nc(Cl)c(F)c(N)c1-c1ccc(C#N)cc1F. The molecule has 8 heteroatoms. The van der Waals surface area contributed by atoms with Gasteiger partial charge in [0.15, 0.2) is 16.7 Å². The van der Waals surface area contributed by atoms with E-state index < -0.39 is 34.1 Å². The zero-order valence-corrected chi connectivity index (χ0v) is 11.9. The summed E-state index contributed by atoms with van der Waals surface area (Å²) >= 11 is 5.56. The number of nitriles is 1. The van der Waals surface area contributed by atoms with Crippen LogP contribution in [0.25, 0.3) is 11.1 Å². The van der Waals surface area contributed by atoms with Crippen LogP contribution in [0.3, 0.4) is 0 Å². The molecule has 0 saturated heterocycles. The fourth-order valence-corrected chi connectivity index (χ4v) is 2.04. The molecule has 22 heavy (non-hydrogen) atoms. The fourth-order valence-electron chi connectivity index (χ4n) is 1.86. The van der Waals surface area contributed by atoms with Crippen molar-refractivity contribution in [3.8, 4) is 17.2 Å². The predicted octanol–water partition coefficient (Wildman–Crippen LogP) is 2.92. The normalized spacial score (nSPS) is 10.1. The molecule has 0 atom stereocenters. The molecule has 0 fully saturated rings. The van der Waals surface area contributed by atoms with E-state index >= 15 is 0 Å². The van der Waals surface area contributed by atoms with Crippen LogP contribution in [0.5, 0.6) is 0 Å². The van der Waals surface area contributed by atoms with Crippen molar-refractivity contribution >= 4 is 23.3 Å². The fraction of sp³-hybridized carbons (Fsp3) is 0.0714. The topological polar surface area (TPSA) is 89.0 Å². The number of nitrogens with zero attached hydrogens (tertiary/aromatic N) is 2. The van der Waals surface area contributed by atoms with E-state index in [1.807, 2.05) is 0 Å². The lowest BCUT2D eigenvalue weighted by atomic mass is 9.99. The predicted molar refractivity (Wildman–Crippen MR) is 75.1 cm³/mol. The van der Waals surface area contributed by atoms with E-state index in [-0.39, 0.29) is 16.7 Å². The summed E-state index contributed by atoms with van der Waals surface area (Å²) in [6.45, 7) is 0. The summed E-state index contributed by atoms with van der Waals surface area (Å²) in [7, 11) is 1.08. The Balaban J connectivity index is 2.82. The number of anilines is 1. The Morgan fingerprint density at radius 2 is 2.14 bits per heavy atom. The number of rotatable bonds is 2. The molecule has 112 valence electrons. The maximum absolute atomic E-state index is 14.1. The van der Waals surface area contributed by atoms with Crippen molar-refractivity contribution < 1.29 is 18.3 Å². The van der Waals surface area contributed by atoms with Gasteiger partial charge in [-0.1, -0.05) is 11.6 Å². The first-order chi connectivity index (χ1) is 10.4. The maximum atomic E-state index is 14.1. The highest BCUT2D eigenvalue weighted by molar-refractivity contribution is 6.30. The Hall–Kier alpha value is -2.72. The second-order valence-corrected chi connectivity index (χ2v) is 4.51. The molecular weight excluding hydrogens is 316 g/mol. The number of carbonyl (C=O) groups is 1. The van der Waals surface area contributed by atoms with Gasteiger partial charge >= 0.3 is 5.97 Å². The van der Waals surface area contributed by atoms with Gasteiger partial charge in [-0.15, -0.1) is 0 Å². The van der Waals surface area contributed by atoms with Gasteiger partial charge in [-0.25, -0.2) is 18.6 Å². The van der Waals surface area contributed by atoms with E-state index in [1.54, 1.807) is 6.07 Å². The third-order valence-corrected chi connectivity index (χ3v) is 3.13. The van der Waals surface area contributed by atoms with E-state index in [0.717, 1.165) is 13.2 Å². The number of carbonyl (C=O) groups excluding carboxylic acids is 1. The lowest BCUT2D eigenvalue weighted by molar-refractivity contribution is 0.0595. The highest BCUT2D eigenvalue weighted by Gasteiger charge is 2.25. The first-order valence-electron chi connectivity index (χ1n) is 5.83. The Kier molecular flexibility index (Phi) is 4.24. The van der Waals surface area contributed by atoms with Crippen molar-refractivity contribution in [1.82, 2.24) is 4.98 Å². The molecule has 0 amide bonds. The van der Waals surface area contributed by atoms with Crippen molar-refractivity contribution in [2.45, 2.75) is 0 Å². The van der Waals surface area contributed by atoms with E-state index in [0.29, 0.717) is 0 Å². The summed E-state index contributed by atoms with van der Waals surface area (Å²) in [6.07, 6.45) is 0. The van der Waals surface area contributed by atoms with Crippen molar-refractivity contribution in [2.24, 2.45) is 0 Å². The third kappa shape index (κ3) is 2.56. The quantitative estimate of drug-likeness (QED) is 0.678. The number of pyridine rings is 1. The van der Waals surface area contributed by atoms with E-state index in [2.05, 4.69) is 9.72 Å². The van der Waals surface area contributed by atoms with Gasteiger partial charge in [0, 0.05) is 11.1 Å². The summed E-state index contributed by atoms with van der Waals surface area (Å²) in [4.78, 5) is 15.3. The molecule has 2 rings (SSSR count). The zero-order chi connectivity index (χ0) is 16.4. The van der Waals surface area contributed by atoms with Gasteiger partial charge in [-0.3, -0.25) is 0 Å². The minimum Gasteiger partial charge on any atom is -0.464 e. The molecule has 0 aliphatic carbocycles. The van der Waals surface area contributed by atoms with Gasteiger partial charge in [-0.2, -0.15) is 5.26 Å². The molecule has 1 heterocycles. The molecule has 0 bridgehead atoms. The maximum Gasteiger partial charge on any atom is 0.357 e. The van der Waals surface area contributed by atoms with Crippen LogP contribution in [0.2, 0.25) is 5.15 Å². The second-order valence-electron chi connectivity index (χ2n) is 4.15. The van der Waals surface area contributed by atoms with Gasteiger partial charge < -0.3 is 10.5 Å². The molecule has 0 unspecified atom stereocenters. The van der Waals surface area contributed by atoms with Crippen molar-refractivity contribution in [3.05, 3.63) is 46.2 Å².